The van der Waals surface area contributed by atoms with Crippen molar-refractivity contribution in [1.29, 1.82) is 0 Å². The predicted molar refractivity (Wildman–Crippen MR) is 103 cm³/mol. The number of hydrogen-bond acceptors (Lipinski definition) is 4. The standard InChI is InChI=1S/C19H16N4O.ClH/c1-13(24)23-19-15-9-5-6-10-16(15)20-12-17(19)21-18(22-23)11-14-7-3-2-4-8-14;/h2-10,12H,11H2,1H3,(H,21,22);1H. The van der Waals surface area contributed by atoms with Crippen LogP contribution in [0.2, 0.25) is 0 Å². The molecule has 1 aliphatic heterocycles. The summed E-state index contributed by atoms with van der Waals surface area (Å²) in [7, 11) is 0. The molecule has 0 fully saturated rings. The first-order valence-electron chi connectivity index (χ1n) is 7.79. The van der Waals surface area contributed by atoms with Crippen molar-refractivity contribution in [3.63, 3.8) is 0 Å². The highest BCUT2D eigenvalue weighted by atomic mass is 35.5. The third-order valence-electron chi connectivity index (χ3n) is 3.98. The third kappa shape index (κ3) is 3.19. The van der Waals surface area contributed by atoms with E-state index in [2.05, 4.69) is 15.4 Å². The summed E-state index contributed by atoms with van der Waals surface area (Å²) >= 11 is 0. The Morgan fingerprint density at radius 3 is 2.56 bits per heavy atom. The van der Waals surface area contributed by atoms with Gasteiger partial charge in [-0.05, 0) is 11.6 Å². The van der Waals surface area contributed by atoms with Crippen LogP contribution in [0, 0.1) is 0 Å². The lowest BCUT2D eigenvalue weighted by Crippen LogP contribution is -2.48. The van der Waals surface area contributed by atoms with E-state index in [1.165, 1.54) is 6.92 Å². The summed E-state index contributed by atoms with van der Waals surface area (Å²) in [6.45, 7) is 1.54. The second kappa shape index (κ2) is 6.91. The number of hydrogen-bond donors (Lipinski definition) is 1. The molecule has 1 N–H and O–H groups in total. The van der Waals surface area contributed by atoms with E-state index in [9.17, 15) is 4.79 Å². The van der Waals surface area contributed by atoms with Gasteiger partial charge >= 0.3 is 0 Å². The molecule has 1 amide bonds. The Kier molecular flexibility index (Phi) is 4.67. The molecule has 0 aliphatic carbocycles. The van der Waals surface area contributed by atoms with Gasteiger partial charge in [-0.3, -0.25) is 15.2 Å². The van der Waals surface area contributed by atoms with Crippen molar-refractivity contribution in [3.8, 4) is 0 Å². The molecule has 1 aliphatic rings. The zero-order valence-electron chi connectivity index (χ0n) is 13.6. The fourth-order valence-corrected chi connectivity index (χ4v) is 2.89. The fraction of sp³-hybridized carbons (Fsp3) is 0.105. The number of hydrazine groups is 1. The summed E-state index contributed by atoms with van der Waals surface area (Å²) in [5, 5.41) is 2.46. The van der Waals surface area contributed by atoms with Crippen LogP contribution in [0.3, 0.4) is 0 Å². The van der Waals surface area contributed by atoms with E-state index >= 15 is 0 Å². The van der Waals surface area contributed by atoms with Crippen LogP contribution < -0.4 is 10.4 Å². The third-order valence-corrected chi connectivity index (χ3v) is 3.98. The Morgan fingerprint density at radius 1 is 1.08 bits per heavy atom. The molecular weight excluding hydrogens is 336 g/mol. The quantitative estimate of drug-likeness (QED) is 0.763. The average molecular weight is 353 g/mol. The van der Waals surface area contributed by atoms with E-state index in [4.69, 9.17) is 0 Å². The summed E-state index contributed by atoms with van der Waals surface area (Å²) in [5.41, 5.74) is 6.58. The lowest BCUT2D eigenvalue weighted by molar-refractivity contribution is -0.117. The van der Waals surface area contributed by atoms with Gasteiger partial charge in [0.15, 0.2) is 0 Å². The summed E-state index contributed by atoms with van der Waals surface area (Å²) < 4.78 is 0. The smallest absolute Gasteiger partial charge is 0.242 e. The van der Waals surface area contributed by atoms with Gasteiger partial charge in [-0.2, -0.15) is 0 Å². The van der Waals surface area contributed by atoms with Crippen LogP contribution in [-0.2, 0) is 11.2 Å². The van der Waals surface area contributed by atoms with Crippen molar-refractivity contribution in [3.05, 3.63) is 66.4 Å². The minimum Gasteiger partial charge on any atom is -0.278 e. The minimum absolute atomic E-state index is 0. The molecule has 0 radical (unpaired) electrons. The molecule has 4 rings (SSSR count). The van der Waals surface area contributed by atoms with Crippen LogP contribution in [0.15, 0.2) is 65.8 Å². The second-order valence-electron chi connectivity index (χ2n) is 5.70. The normalized spacial score (nSPS) is 12.7. The van der Waals surface area contributed by atoms with Crippen molar-refractivity contribution < 1.29 is 4.79 Å². The lowest BCUT2D eigenvalue weighted by atomic mass is 10.1. The number of halogens is 1. The molecule has 3 aromatic rings. The summed E-state index contributed by atoms with van der Waals surface area (Å²) in [6.07, 6.45) is 2.34. The van der Waals surface area contributed by atoms with Crippen molar-refractivity contribution in [2.24, 2.45) is 4.99 Å². The van der Waals surface area contributed by atoms with Gasteiger partial charge in [-0.25, -0.2) is 10.0 Å². The number of carbonyl (C=O) groups is 1. The highest BCUT2D eigenvalue weighted by molar-refractivity contribution is 6.10. The largest absolute Gasteiger partial charge is 0.278 e. The van der Waals surface area contributed by atoms with Crippen LogP contribution >= 0.6 is 12.4 Å². The lowest BCUT2D eigenvalue weighted by Gasteiger charge is -2.30. The number of para-hydroxylation sites is 1. The maximum Gasteiger partial charge on any atom is 0.242 e. The number of aliphatic imine (C=N–C) groups is 1. The second-order valence-corrected chi connectivity index (χ2v) is 5.70. The molecule has 5 nitrogen and oxygen atoms in total. The molecule has 25 heavy (non-hydrogen) atoms. The Hall–Kier alpha value is -2.92. The van der Waals surface area contributed by atoms with Crippen LogP contribution in [0.25, 0.3) is 10.9 Å². The van der Waals surface area contributed by atoms with Gasteiger partial charge in [0.2, 0.25) is 5.91 Å². The number of nitrogens with one attached hydrogen (secondary N) is 1. The highest BCUT2D eigenvalue weighted by Crippen LogP contribution is 2.36. The van der Waals surface area contributed by atoms with E-state index < -0.39 is 0 Å². The van der Waals surface area contributed by atoms with E-state index in [-0.39, 0.29) is 18.3 Å². The van der Waals surface area contributed by atoms with Crippen LogP contribution in [0.5, 0.6) is 0 Å². The molecule has 0 spiro atoms. The topological polar surface area (TPSA) is 57.6 Å². The molecule has 0 unspecified atom stereocenters. The first-order chi connectivity index (χ1) is 11.7. The van der Waals surface area contributed by atoms with E-state index in [0.29, 0.717) is 12.1 Å². The molecule has 2 heterocycles. The Labute approximate surface area is 151 Å². The van der Waals surface area contributed by atoms with E-state index in [1.54, 1.807) is 11.2 Å². The van der Waals surface area contributed by atoms with E-state index in [0.717, 1.165) is 28.0 Å². The molecule has 2 aromatic carbocycles. The zero-order valence-corrected chi connectivity index (χ0v) is 14.5. The van der Waals surface area contributed by atoms with Gasteiger partial charge < -0.3 is 0 Å². The van der Waals surface area contributed by atoms with Gasteiger partial charge in [-0.1, -0.05) is 48.5 Å². The number of benzene rings is 2. The molecule has 6 heteroatoms. The number of pyridine rings is 1. The van der Waals surface area contributed by atoms with Gasteiger partial charge in [-0.15, -0.1) is 12.4 Å². The van der Waals surface area contributed by atoms with Gasteiger partial charge in [0.25, 0.3) is 0 Å². The molecule has 1 aromatic heterocycles. The number of anilines is 1. The Balaban J connectivity index is 0.00000182. The van der Waals surface area contributed by atoms with Crippen LogP contribution in [0.4, 0.5) is 11.4 Å². The average Bonchev–Trinajstić information content (AvgIpc) is 2.61. The Bertz CT molecular complexity index is 956. The van der Waals surface area contributed by atoms with Gasteiger partial charge in [0.1, 0.15) is 17.2 Å². The molecular formula is C19H17ClN4O. The van der Waals surface area contributed by atoms with Crippen LogP contribution in [0.1, 0.15) is 12.5 Å². The molecule has 0 atom stereocenters. The monoisotopic (exact) mass is 352 g/mol. The number of amides is 1. The summed E-state index contributed by atoms with van der Waals surface area (Å²) in [6, 6.07) is 17.8. The number of aromatic nitrogens is 1. The van der Waals surface area contributed by atoms with Crippen molar-refractivity contribution in [2.75, 3.05) is 5.01 Å². The number of nitrogens with zero attached hydrogens (tertiary/aromatic N) is 3. The summed E-state index contributed by atoms with van der Waals surface area (Å²) in [4.78, 5) is 21.3. The SMILES string of the molecule is CC(=O)N1NC(Cc2ccccc2)=Nc2cnc3ccccc3c21.Cl. The fourth-order valence-electron chi connectivity index (χ4n) is 2.89. The number of carbonyl (C=O) groups excluding carboxylic acids is 1. The van der Waals surface area contributed by atoms with Crippen molar-refractivity contribution in [2.45, 2.75) is 13.3 Å². The molecule has 126 valence electrons. The number of amidine groups is 1. The summed E-state index contributed by atoms with van der Waals surface area (Å²) in [5.74, 6) is 0.633. The highest BCUT2D eigenvalue weighted by Gasteiger charge is 2.24. The first kappa shape index (κ1) is 16.9. The van der Waals surface area contributed by atoms with Crippen LogP contribution in [-0.4, -0.2) is 16.7 Å². The predicted octanol–water partition coefficient (Wildman–Crippen LogP) is 3.80. The van der Waals surface area contributed by atoms with Gasteiger partial charge in [0, 0.05) is 18.7 Å². The number of fused-ring (bicyclic) bond motifs is 3. The number of rotatable bonds is 2. The van der Waals surface area contributed by atoms with Crippen molar-refractivity contribution >= 4 is 46.4 Å². The van der Waals surface area contributed by atoms with E-state index in [1.807, 2.05) is 54.6 Å². The molecule has 0 saturated carbocycles. The maximum atomic E-state index is 12.2. The zero-order chi connectivity index (χ0) is 16.5. The van der Waals surface area contributed by atoms with Gasteiger partial charge in [0.05, 0.1) is 11.7 Å². The first-order valence-corrected chi connectivity index (χ1v) is 7.79. The maximum absolute atomic E-state index is 12.2. The minimum atomic E-state index is -0.0898. The molecule has 0 bridgehead atoms. The van der Waals surface area contributed by atoms with Crippen molar-refractivity contribution in [1.82, 2.24) is 10.4 Å². The molecule has 0 saturated heterocycles. The Morgan fingerprint density at radius 2 is 1.80 bits per heavy atom.